The lowest BCUT2D eigenvalue weighted by Crippen LogP contribution is -2.22. The molecule has 0 saturated heterocycles. The van der Waals surface area contributed by atoms with Gasteiger partial charge in [-0.15, -0.1) is 0 Å². The Bertz CT molecular complexity index is 1060. The number of aromatic nitrogens is 4. The summed E-state index contributed by atoms with van der Waals surface area (Å²) in [4.78, 5) is 24.0. The number of nitrogens with zero attached hydrogens (tertiary/aromatic N) is 3. The van der Waals surface area contributed by atoms with E-state index in [4.69, 9.17) is 0 Å². The molecule has 0 spiro atoms. The molecule has 0 aliphatic rings. The van der Waals surface area contributed by atoms with Crippen molar-refractivity contribution in [2.75, 3.05) is 0 Å². The lowest BCUT2D eigenvalue weighted by molar-refractivity contribution is 0.0951. The predicted molar refractivity (Wildman–Crippen MR) is 97.4 cm³/mol. The van der Waals surface area contributed by atoms with E-state index < -0.39 is 0 Å². The number of carbonyl (C=O) groups is 1. The predicted octanol–water partition coefficient (Wildman–Crippen LogP) is 3.42. The van der Waals surface area contributed by atoms with Gasteiger partial charge in [-0.3, -0.25) is 4.79 Å². The second-order valence-electron chi connectivity index (χ2n) is 6.39. The molecule has 0 radical (unpaired) electrons. The Labute approximate surface area is 144 Å². The fourth-order valence-electron chi connectivity index (χ4n) is 2.96. The van der Waals surface area contributed by atoms with Gasteiger partial charge in [0.25, 0.3) is 5.91 Å². The average molecular weight is 333 g/mol. The minimum Gasteiger partial charge on any atom is -0.348 e. The van der Waals surface area contributed by atoms with Gasteiger partial charge in [0, 0.05) is 18.2 Å². The van der Waals surface area contributed by atoms with Gasteiger partial charge in [-0.2, -0.15) is 0 Å². The molecule has 6 nitrogen and oxygen atoms in total. The monoisotopic (exact) mass is 333 g/mol. The Morgan fingerprint density at radius 1 is 1.16 bits per heavy atom. The van der Waals surface area contributed by atoms with E-state index in [-0.39, 0.29) is 5.91 Å². The summed E-state index contributed by atoms with van der Waals surface area (Å²) in [6.07, 6.45) is 3.48. The Balaban J connectivity index is 1.50. The van der Waals surface area contributed by atoms with E-state index in [1.54, 1.807) is 12.4 Å². The van der Waals surface area contributed by atoms with Crippen LogP contribution in [0.4, 0.5) is 0 Å². The van der Waals surface area contributed by atoms with Crippen LogP contribution in [-0.2, 0) is 6.54 Å². The van der Waals surface area contributed by atoms with E-state index in [0.29, 0.717) is 18.2 Å². The van der Waals surface area contributed by atoms with E-state index in [1.165, 1.54) is 0 Å². The molecule has 0 aliphatic heterocycles. The molecule has 4 rings (SSSR count). The molecule has 2 aromatic heterocycles. The first-order valence-corrected chi connectivity index (χ1v) is 8.28. The highest BCUT2D eigenvalue weighted by molar-refractivity contribution is 5.97. The zero-order chi connectivity index (χ0) is 17.4. The highest BCUT2D eigenvalue weighted by atomic mass is 16.1. The van der Waals surface area contributed by atoms with Crippen molar-refractivity contribution >= 4 is 28.0 Å². The molecule has 0 bridgehead atoms. The molecule has 0 fully saturated rings. The van der Waals surface area contributed by atoms with E-state index in [0.717, 1.165) is 27.6 Å². The number of amides is 1. The van der Waals surface area contributed by atoms with Crippen LogP contribution in [0.1, 0.15) is 35.8 Å². The third-order valence-electron chi connectivity index (χ3n) is 4.33. The summed E-state index contributed by atoms with van der Waals surface area (Å²) in [6, 6.07) is 11.9. The quantitative estimate of drug-likeness (QED) is 0.601. The Hall–Kier alpha value is -3.15. The molecule has 4 aromatic rings. The van der Waals surface area contributed by atoms with Crippen molar-refractivity contribution in [3.8, 4) is 0 Å². The zero-order valence-corrected chi connectivity index (χ0v) is 14.2. The number of rotatable bonds is 4. The molecule has 25 heavy (non-hydrogen) atoms. The summed E-state index contributed by atoms with van der Waals surface area (Å²) in [5, 5.41) is 2.96. The third kappa shape index (κ3) is 2.87. The first-order valence-electron chi connectivity index (χ1n) is 8.28. The molecule has 1 amide bonds. The van der Waals surface area contributed by atoms with Crippen LogP contribution in [0.3, 0.4) is 0 Å². The maximum atomic E-state index is 12.4. The average Bonchev–Trinajstić information content (AvgIpc) is 3.24. The number of hydrogen-bond acceptors (Lipinski definition) is 3. The summed E-state index contributed by atoms with van der Waals surface area (Å²) in [7, 11) is 0. The van der Waals surface area contributed by atoms with Crippen molar-refractivity contribution < 1.29 is 4.79 Å². The number of imidazole rings is 2. The molecule has 2 N–H and O–H groups in total. The van der Waals surface area contributed by atoms with Gasteiger partial charge in [-0.1, -0.05) is 6.07 Å². The van der Waals surface area contributed by atoms with Gasteiger partial charge in [0.05, 0.1) is 34.7 Å². The van der Waals surface area contributed by atoms with Gasteiger partial charge in [-0.25, -0.2) is 9.97 Å². The zero-order valence-electron chi connectivity index (χ0n) is 14.2. The Kier molecular flexibility index (Phi) is 3.72. The first-order chi connectivity index (χ1) is 12.1. The second kappa shape index (κ2) is 6.05. The maximum Gasteiger partial charge on any atom is 0.251 e. The summed E-state index contributed by atoms with van der Waals surface area (Å²) in [6.45, 7) is 4.72. The van der Waals surface area contributed by atoms with Crippen LogP contribution in [0.25, 0.3) is 22.1 Å². The van der Waals surface area contributed by atoms with Gasteiger partial charge >= 0.3 is 0 Å². The van der Waals surface area contributed by atoms with Crippen LogP contribution in [0.5, 0.6) is 0 Å². The molecule has 126 valence electrons. The molecule has 0 unspecified atom stereocenters. The number of nitrogens with one attached hydrogen (secondary N) is 2. The van der Waals surface area contributed by atoms with Crippen molar-refractivity contribution in [3.05, 3.63) is 60.2 Å². The summed E-state index contributed by atoms with van der Waals surface area (Å²) in [5.74, 6) is -0.107. The number of H-pyrrole nitrogens is 1. The minimum atomic E-state index is -0.107. The maximum absolute atomic E-state index is 12.4. The van der Waals surface area contributed by atoms with E-state index >= 15 is 0 Å². The largest absolute Gasteiger partial charge is 0.348 e. The smallest absolute Gasteiger partial charge is 0.251 e. The highest BCUT2D eigenvalue weighted by Crippen LogP contribution is 2.19. The molecule has 2 heterocycles. The van der Waals surface area contributed by atoms with Gasteiger partial charge in [-0.05, 0) is 49.7 Å². The topological polar surface area (TPSA) is 75.6 Å². The van der Waals surface area contributed by atoms with Gasteiger partial charge < -0.3 is 14.9 Å². The van der Waals surface area contributed by atoms with Crippen LogP contribution in [0, 0.1) is 0 Å². The lowest BCUT2D eigenvalue weighted by atomic mass is 10.1. The van der Waals surface area contributed by atoms with Gasteiger partial charge in [0.15, 0.2) is 0 Å². The van der Waals surface area contributed by atoms with Gasteiger partial charge in [0.1, 0.15) is 0 Å². The molecular formula is C19H19N5O. The molecule has 0 aliphatic carbocycles. The van der Waals surface area contributed by atoms with E-state index in [1.807, 2.05) is 30.6 Å². The van der Waals surface area contributed by atoms with E-state index in [9.17, 15) is 4.79 Å². The number of aromatic amines is 1. The van der Waals surface area contributed by atoms with Crippen molar-refractivity contribution in [2.24, 2.45) is 0 Å². The Morgan fingerprint density at radius 2 is 2.04 bits per heavy atom. The molecule has 2 aromatic carbocycles. The van der Waals surface area contributed by atoms with Crippen LogP contribution in [0.2, 0.25) is 0 Å². The fourth-order valence-corrected chi connectivity index (χ4v) is 2.96. The van der Waals surface area contributed by atoms with E-state index in [2.05, 4.69) is 44.7 Å². The molecular weight excluding hydrogens is 314 g/mol. The molecule has 0 atom stereocenters. The standard InChI is InChI=1S/C19H19N5O/c1-12(2)24-11-23-17-7-13(3-6-18(17)24)9-20-19(25)14-4-5-15-16(8-14)22-10-21-15/h3-8,10-12H,9H2,1-2H3,(H,20,25)(H,21,22). The molecule has 0 saturated carbocycles. The van der Waals surface area contributed by atoms with Crippen molar-refractivity contribution in [3.63, 3.8) is 0 Å². The number of hydrogen-bond donors (Lipinski definition) is 2. The molecule has 6 heteroatoms. The van der Waals surface area contributed by atoms with Gasteiger partial charge in [0.2, 0.25) is 0 Å². The SMILES string of the molecule is CC(C)n1cnc2cc(CNC(=O)c3ccc4nc[nH]c4c3)ccc21. The summed E-state index contributed by atoms with van der Waals surface area (Å²) < 4.78 is 2.14. The summed E-state index contributed by atoms with van der Waals surface area (Å²) >= 11 is 0. The lowest BCUT2D eigenvalue weighted by Gasteiger charge is -2.09. The van der Waals surface area contributed by atoms with Crippen molar-refractivity contribution in [1.29, 1.82) is 0 Å². The van der Waals surface area contributed by atoms with Crippen LogP contribution in [0.15, 0.2) is 49.1 Å². The van der Waals surface area contributed by atoms with Crippen molar-refractivity contribution in [1.82, 2.24) is 24.8 Å². The third-order valence-corrected chi connectivity index (χ3v) is 4.33. The minimum absolute atomic E-state index is 0.107. The fraction of sp³-hybridized carbons (Fsp3) is 0.211. The number of benzene rings is 2. The van der Waals surface area contributed by atoms with Crippen LogP contribution in [-0.4, -0.2) is 25.4 Å². The second-order valence-corrected chi connectivity index (χ2v) is 6.39. The number of fused-ring (bicyclic) bond motifs is 2. The normalized spacial score (nSPS) is 11.5. The number of carbonyl (C=O) groups excluding carboxylic acids is 1. The summed E-state index contributed by atoms with van der Waals surface area (Å²) in [5.41, 5.74) is 5.39. The van der Waals surface area contributed by atoms with Crippen molar-refractivity contribution in [2.45, 2.75) is 26.4 Å². The highest BCUT2D eigenvalue weighted by Gasteiger charge is 2.09. The van der Waals surface area contributed by atoms with Crippen LogP contribution < -0.4 is 5.32 Å². The first kappa shape index (κ1) is 15.4. The Morgan fingerprint density at radius 3 is 2.88 bits per heavy atom. The van der Waals surface area contributed by atoms with Crippen LogP contribution >= 0.6 is 0 Å².